The van der Waals surface area contributed by atoms with E-state index in [2.05, 4.69) is 42.0 Å². The Labute approximate surface area is 200 Å². The normalized spacial score (nSPS) is 13.2. The highest BCUT2D eigenvalue weighted by Crippen LogP contribution is 2.31. The van der Waals surface area contributed by atoms with Crippen LogP contribution in [0.2, 0.25) is 0 Å². The number of hydrogen-bond acceptors (Lipinski definition) is 3. The van der Waals surface area contributed by atoms with E-state index in [1.165, 1.54) is 0 Å². The van der Waals surface area contributed by atoms with Crippen LogP contribution in [0, 0.1) is 0 Å². The van der Waals surface area contributed by atoms with Crippen LogP contribution in [0.4, 0.5) is 0 Å². The van der Waals surface area contributed by atoms with E-state index in [1.807, 2.05) is 62.4 Å². The van der Waals surface area contributed by atoms with Crippen LogP contribution in [0.25, 0.3) is 0 Å². The fourth-order valence-electron chi connectivity index (χ4n) is 3.31. The van der Waals surface area contributed by atoms with Crippen LogP contribution >= 0.6 is 15.9 Å². The van der Waals surface area contributed by atoms with E-state index in [4.69, 9.17) is 4.74 Å². The summed E-state index contributed by atoms with van der Waals surface area (Å²) in [6.45, 7) is 12.2. The Hall–Kier alpha value is -2.34. The number of carbonyl (C=O) groups excluding carboxylic acids is 2. The topological polar surface area (TPSA) is 58.6 Å². The summed E-state index contributed by atoms with van der Waals surface area (Å²) in [6.07, 6.45) is 0.824. The second kappa shape index (κ2) is 11.5. The number of hydrogen-bond donors (Lipinski definition) is 1. The van der Waals surface area contributed by atoms with Gasteiger partial charge in [0, 0.05) is 17.1 Å². The van der Waals surface area contributed by atoms with Gasteiger partial charge in [0.25, 0.3) is 5.91 Å². The number of benzene rings is 2. The van der Waals surface area contributed by atoms with Gasteiger partial charge < -0.3 is 15.0 Å². The zero-order valence-electron chi connectivity index (χ0n) is 19.9. The largest absolute Gasteiger partial charge is 0.483 e. The van der Waals surface area contributed by atoms with Crippen molar-refractivity contribution in [2.45, 2.75) is 72.0 Å². The predicted molar refractivity (Wildman–Crippen MR) is 133 cm³/mol. The van der Waals surface area contributed by atoms with Crippen molar-refractivity contribution in [1.82, 2.24) is 10.2 Å². The molecule has 174 valence electrons. The van der Waals surface area contributed by atoms with E-state index < -0.39 is 6.04 Å². The quantitative estimate of drug-likeness (QED) is 0.495. The molecule has 0 aliphatic carbocycles. The molecule has 0 heterocycles. The van der Waals surface area contributed by atoms with Gasteiger partial charge >= 0.3 is 0 Å². The molecule has 0 saturated heterocycles. The van der Waals surface area contributed by atoms with Crippen molar-refractivity contribution in [3.63, 3.8) is 0 Å². The number of rotatable bonds is 9. The predicted octanol–water partition coefficient (Wildman–Crippen LogP) is 5.46. The number of amides is 2. The number of nitrogens with one attached hydrogen (secondary N) is 1. The lowest BCUT2D eigenvalue weighted by atomic mass is 9.86. The maximum absolute atomic E-state index is 13.3. The van der Waals surface area contributed by atoms with Gasteiger partial charge in [-0.3, -0.25) is 9.59 Å². The van der Waals surface area contributed by atoms with Crippen LogP contribution in [-0.2, 0) is 21.5 Å². The summed E-state index contributed by atoms with van der Waals surface area (Å²) < 4.78 is 6.89. The number of halogens is 1. The summed E-state index contributed by atoms with van der Waals surface area (Å²) in [6, 6.07) is 14.9. The smallest absolute Gasteiger partial charge is 0.261 e. The highest BCUT2D eigenvalue weighted by Gasteiger charge is 2.28. The zero-order valence-corrected chi connectivity index (χ0v) is 21.5. The van der Waals surface area contributed by atoms with Crippen LogP contribution < -0.4 is 10.1 Å². The summed E-state index contributed by atoms with van der Waals surface area (Å²) >= 11 is 3.48. The molecule has 32 heavy (non-hydrogen) atoms. The van der Waals surface area contributed by atoms with Crippen molar-refractivity contribution in [1.29, 1.82) is 0 Å². The molecule has 0 aliphatic heterocycles. The van der Waals surface area contributed by atoms with Crippen molar-refractivity contribution in [2.24, 2.45) is 0 Å². The molecule has 2 aromatic carbocycles. The van der Waals surface area contributed by atoms with Gasteiger partial charge in [-0.25, -0.2) is 0 Å². The lowest BCUT2D eigenvalue weighted by molar-refractivity contribution is -0.142. The molecule has 2 rings (SSSR count). The van der Waals surface area contributed by atoms with Crippen molar-refractivity contribution in [3.05, 3.63) is 64.1 Å². The van der Waals surface area contributed by atoms with Crippen molar-refractivity contribution < 1.29 is 14.3 Å². The number of nitrogens with zero attached hydrogens (tertiary/aromatic N) is 1. The van der Waals surface area contributed by atoms with Crippen LogP contribution in [0.15, 0.2) is 53.0 Å². The Kier molecular flexibility index (Phi) is 9.32. The zero-order chi connectivity index (χ0) is 23.9. The van der Waals surface area contributed by atoms with Crippen LogP contribution in [0.3, 0.4) is 0 Å². The lowest BCUT2D eigenvalue weighted by Crippen LogP contribution is -2.50. The van der Waals surface area contributed by atoms with E-state index in [1.54, 1.807) is 11.8 Å². The lowest BCUT2D eigenvalue weighted by Gasteiger charge is -2.30. The fraction of sp³-hybridized carbons (Fsp3) is 0.462. The molecular formula is C26H35BrN2O3. The van der Waals surface area contributed by atoms with Crippen molar-refractivity contribution in [2.75, 3.05) is 6.61 Å². The third-order valence-electron chi connectivity index (χ3n) is 5.46. The molecule has 1 N–H and O–H groups in total. The molecule has 2 amide bonds. The Morgan fingerprint density at radius 2 is 1.78 bits per heavy atom. The molecule has 0 spiro atoms. The molecular weight excluding hydrogens is 468 g/mol. The molecule has 2 aromatic rings. The molecule has 0 fully saturated rings. The first kappa shape index (κ1) is 25.9. The Balaban J connectivity index is 2.23. The van der Waals surface area contributed by atoms with Gasteiger partial charge in [0.05, 0.1) is 0 Å². The maximum atomic E-state index is 13.3. The number of para-hydroxylation sites is 1. The molecule has 2 unspecified atom stereocenters. The van der Waals surface area contributed by atoms with Gasteiger partial charge in [0.1, 0.15) is 11.8 Å². The van der Waals surface area contributed by atoms with Crippen molar-refractivity contribution in [3.8, 4) is 5.75 Å². The van der Waals surface area contributed by atoms with E-state index in [-0.39, 0.29) is 29.9 Å². The highest BCUT2D eigenvalue weighted by atomic mass is 79.9. The van der Waals surface area contributed by atoms with Crippen molar-refractivity contribution >= 4 is 27.7 Å². The number of ether oxygens (including phenoxy) is 1. The van der Waals surface area contributed by atoms with Crippen LogP contribution in [0.5, 0.6) is 5.75 Å². The summed E-state index contributed by atoms with van der Waals surface area (Å²) in [4.78, 5) is 27.7. The van der Waals surface area contributed by atoms with E-state index in [9.17, 15) is 9.59 Å². The first-order chi connectivity index (χ1) is 15.0. The van der Waals surface area contributed by atoms with E-state index in [0.29, 0.717) is 12.3 Å². The second-order valence-corrected chi connectivity index (χ2v) is 10.1. The van der Waals surface area contributed by atoms with Gasteiger partial charge in [-0.15, -0.1) is 0 Å². The molecule has 0 radical (unpaired) electrons. The van der Waals surface area contributed by atoms with E-state index in [0.717, 1.165) is 22.0 Å². The fourth-order valence-corrected chi connectivity index (χ4v) is 3.76. The molecule has 0 bridgehead atoms. The van der Waals surface area contributed by atoms with Gasteiger partial charge in [0.2, 0.25) is 5.91 Å². The van der Waals surface area contributed by atoms with Gasteiger partial charge in [-0.1, -0.05) is 74.0 Å². The van der Waals surface area contributed by atoms with Gasteiger partial charge in [0.15, 0.2) is 6.61 Å². The Morgan fingerprint density at radius 1 is 1.09 bits per heavy atom. The monoisotopic (exact) mass is 502 g/mol. The Bertz CT molecular complexity index is 923. The van der Waals surface area contributed by atoms with Gasteiger partial charge in [-0.05, 0) is 55.0 Å². The third-order valence-corrected chi connectivity index (χ3v) is 5.95. The minimum atomic E-state index is -0.628. The average Bonchev–Trinajstić information content (AvgIpc) is 2.74. The number of carbonyl (C=O) groups is 2. The summed E-state index contributed by atoms with van der Waals surface area (Å²) in [5.74, 6) is 0.283. The first-order valence-corrected chi connectivity index (χ1v) is 11.9. The molecule has 0 aromatic heterocycles. The molecule has 0 aliphatic rings. The van der Waals surface area contributed by atoms with Crippen LogP contribution in [0.1, 0.15) is 59.1 Å². The minimum absolute atomic E-state index is 0.0442. The van der Waals surface area contributed by atoms with Gasteiger partial charge in [-0.2, -0.15) is 0 Å². The highest BCUT2D eigenvalue weighted by molar-refractivity contribution is 9.10. The summed E-state index contributed by atoms with van der Waals surface area (Å²) in [7, 11) is 0. The first-order valence-electron chi connectivity index (χ1n) is 11.1. The minimum Gasteiger partial charge on any atom is -0.483 e. The summed E-state index contributed by atoms with van der Waals surface area (Å²) in [5.41, 5.74) is 1.86. The Morgan fingerprint density at radius 3 is 2.41 bits per heavy atom. The van der Waals surface area contributed by atoms with Crippen LogP contribution in [-0.4, -0.2) is 35.4 Å². The van der Waals surface area contributed by atoms with E-state index >= 15 is 0 Å². The average molecular weight is 503 g/mol. The third kappa shape index (κ3) is 7.37. The summed E-state index contributed by atoms with van der Waals surface area (Å²) in [5, 5.41) is 2.98. The second-order valence-electron chi connectivity index (χ2n) is 9.18. The molecule has 6 heteroatoms. The molecule has 2 atom stereocenters. The molecule has 0 saturated carbocycles. The SMILES string of the molecule is CCC(C)NC(=O)C(C)N(Cc1cccc(Br)c1)C(=O)COc1ccccc1C(C)(C)C. The molecule has 5 nitrogen and oxygen atoms in total. The standard InChI is InChI=1S/C26H35BrN2O3/c1-7-18(2)28-25(31)19(3)29(16-20-11-10-12-21(27)15-20)24(30)17-32-23-14-9-8-13-22(23)26(4,5)6/h8-15,18-19H,7,16-17H2,1-6H3,(H,28,31). The maximum Gasteiger partial charge on any atom is 0.261 e.